The van der Waals surface area contributed by atoms with Gasteiger partial charge in [-0.15, -0.1) is 0 Å². The van der Waals surface area contributed by atoms with E-state index in [0.717, 1.165) is 108 Å². The Labute approximate surface area is 363 Å². The molecule has 0 fully saturated rings. The van der Waals surface area contributed by atoms with Gasteiger partial charge in [-0.1, -0.05) is 100 Å². The number of rotatable bonds is 38. The van der Waals surface area contributed by atoms with Crippen LogP contribution in [-0.4, -0.2) is 86.6 Å². The summed E-state index contributed by atoms with van der Waals surface area (Å²) in [5, 5.41) is 8.81. The number of hydrogen-bond acceptors (Lipinski definition) is 9. The predicted octanol–water partition coefficient (Wildman–Crippen LogP) is 11.3. The maximum Gasteiger partial charge on any atom is 0.472 e. The first-order valence-electron chi connectivity index (χ1n) is 22.8. The van der Waals surface area contributed by atoms with Crippen LogP contribution in [0.25, 0.3) is 0 Å². The lowest BCUT2D eigenvalue weighted by molar-refractivity contribution is -0.870. The third-order valence-electron chi connectivity index (χ3n) is 10.1. The Hall–Kier alpha value is -2.79. The molecule has 1 rings (SSSR count). The molecule has 2 atom stereocenters. The van der Waals surface area contributed by atoms with E-state index in [1.54, 1.807) is 0 Å². The lowest BCUT2D eigenvalue weighted by atomic mass is 10.0. The number of furan rings is 1. The lowest BCUT2D eigenvalue weighted by Gasteiger charge is -2.24. The van der Waals surface area contributed by atoms with E-state index in [2.05, 4.69) is 63.3 Å². The van der Waals surface area contributed by atoms with Gasteiger partial charge in [0.25, 0.3) is 0 Å². The van der Waals surface area contributed by atoms with E-state index in [1.807, 2.05) is 27.2 Å². The normalized spacial score (nSPS) is 13.9. The Balaban J connectivity index is 2.41. The van der Waals surface area contributed by atoms with Crippen LogP contribution in [0.4, 0.5) is 0 Å². The zero-order valence-electron chi connectivity index (χ0n) is 38.3. The summed E-state index contributed by atoms with van der Waals surface area (Å²) in [5.74, 6) is 1.35. The van der Waals surface area contributed by atoms with Gasteiger partial charge in [0.15, 0.2) is 6.10 Å². The standard InChI is InChI=1S/C48H82NO10P/c1-7-8-28-33-45-42(2)43(3)46(59-45)34-29-24-21-22-26-31-36-48(52)58-44(41-57-60(53,54)56-39-37-49(4,5)6)40-55-47(51)35-30-25-20-18-16-14-12-10-9-11-13-15-17-19-23-27-32-38-50/h9,11-12,14-15,17-18,20,44,50H,7-8,10,13,16,19,21-41H2,1-6H3/p+1/b11-9-,14-12-,17-15-,20-18-/t44-/m1/s1. The fourth-order valence-corrected chi connectivity index (χ4v) is 6.96. The Morgan fingerprint density at radius 3 is 1.77 bits per heavy atom. The summed E-state index contributed by atoms with van der Waals surface area (Å²) in [5.41, 5.74) is 2.59. The second-order valence-electron chi connectivity index (χ2n) is 16.7. The number of phosphoric ester groups is 1. The number of aliphatic hydroxyl groups excluding tert-OH is 1. The molecule has 1 aromatic rings. The molecule has 1 heterocycles. The van der Waals surface area contributed by atoms with Gasteiger partial charge in [0.1, 0.15) is 31.3 Å². The monoisotopic (exact) mass is 865 g/mol. The molecule has 11 nitrogen and oxygen atoms in total. The molecular formula is C48H83NO10P+. The van der Waals surface area contributed by atoms with Crippen molar-refractivity contribution in [2.24, 2.45) is 0 Å². The SMILES string of the molecule is CCCCCc1oc(CCCCCCCCC(=O)O[C@H](COC(=O)CCC/C=C\C/C=C\C/C=C\C/C=C\CCCCCO)COP(=O)(O)OCC[N+](C)(C)C)c(C)c1C. The number of aliphatic hydroxyl groups is 1. The van der Waals surface area contributed by atoms with Crippen LogP contribution in [0, 0.1) is 13.8 Å². The third kappa shape index (κ3) is 31.1. The fraction of sp³-hybridized carbons (Fsp3) is 0.708. The van der Waals surface area contributed by atoms with Gasteiger partial charge in [0, 0.05) is 32.3 Å². The molecular weight excluding hydrogens is 781 g/mol. The Kier molecular flexibility index (Phi) is 32.0. The number of phosphoric acid groups is 1. The van der Waals surface area contributed by atoms with Crippen LogP contribution in [0.3, 0.4) is 0 Å². The first-order chi connectivity index (χ1) is 28.8. The van der Waals surface area contributed by atoms with Crippen LogP contribution in [0.1, 0.15) is 158 Å². The van der Waals surface area contributed by atoms with E-state index >= 15 is 0 Å². The van der Waals surface area contributed by atoms with Crippen molar-refractivity contribution >= 4 is 19.8 Å². The van der Waals surface area contributed by atoms with Gasteiger partial charge in [0.2, 0.25) is 0 Å². The minimum absolute atomic E-state index is 0.00756. The van der Waals surface area contributed by atoms with Crippen LogP contribution in [-0.2, 0) is 45.5 Å². The summed E-state index contributed by atoms with van der Waals surface area (Å²) in [7, 11) is 1.40. The molecule has 0 aliphatic heterocycles. The van der Waals surface area contributed by atoms with E-state index < -0.39 is 32.5 Å². The van der Waals surface area contributed by atoms with Crippen LogP contribution in [0.2, 0.25) is 0 Å². The Morgan fingerprint density at radius 1 is 0.667 bits per heavy atom. The van der Waals surface area contributed by atoms with Gasteiger partial charge in [-0.3, -0.25) is 18.6 Å². The van der Waals surface area contributed by atoms with Crippen LogP contribution < -0.4 is 0 Å². The molecule has 1 aromatic heterocycles. The van der Waals surface area contributed by atoms with Crippen molar-refractivity contribution in [2.45, 2.75) is 168 Å². The number of aryl methyl sites for hydroxylation is 2. The molecule has 12 heteroatoms. The zero-order chi connectivity index (χ0) is 44.3. The van der Waals surface area contributed by atoms with Crippen molar-refractivity contribution in [3.05, 3.63) is 71.3 Å². The molecule has 0 saturated carbocycles. The second-order valence-corrected chi connectivity index (χ2v) is 18.2. The summed E-state index contributed by atoms with van der Waals surface area (Å²) in [6.45, 7) is 6.59. The number of carbonyl (C=O) groups excluding carboxylic acids is 2. The topological polar surface area (TPSA) is 142 Å². The predicted molar refractivity (Wildman–Crippen MR) is 243 cm³/mol. The highest BCUT2D eigenvalue weighted by atomic mass is 31.2. The first kappa shape index (κ1) is 55.2. The van der Waals surface area contributed by atoms with Gasteiger partial charge in [-0.2, -0.15) is 0 Å². The zero-order valence-corrected chi connectivity index (χ0v) is 39.2. The molecule has 0 aliphatic rings. The Morgan fingerprint density at radius 2 is 1.18 bits per heavy atom. The molecule has 0 amide bonds. The number of quaternary nitrogens is 1. The fourth-order valence-electron chi connectivity index (χ4n) is 6.22. The van der Waals surface area contributed by atoms with Gasteiger partial charge in [-0.25, -0.2) is 4.57 Å². The quantitative estimate of drug-likeness (QED) is 0.0217. The molecule has 0 radical (unpaired) electrons. The van der Waals surface area contributed by atoms with Crippen molar-refractivity contribution in [2.75, 3.05) is 54.1 Å². The van der Waals surface area contributed by atoms with Gasteiger partial charge >= 0.3 is 19.8 Å². The number of ether oxygens (including phenoxy) is 2. The van der Waals surface area contributed by atoms with E-state index in [-0.39, 0.29) is 32.7 Å². The van der Waals surface area contributed by atoms with Gasteiger partial charge in [0.05, 0.1) is 27.7 Å². The first-order valence-corrected chi connectivity index (χ1v) is 24.3. The van der Waals surface area contributed by atoms with E-state index in [4.69, 9.17) is 28.0 Å². The molecule has 0 aromatic carbocycles. The summed E-state index contributed by atoms with van der Waals surface area (Å²) in [4.78, 5) is 35.5. The molecule has 60 heavy (non-hydrogen) atoms. The average molecular weight is 865 g/mol. The minimum atomic E-state index is -4.41. The average Bonchev–Trinajstić information content (AvgIpc) is 3.46. The maximum absolute atomic E-state index is 12.8. The highest BCUT2D eigenvalue weighted by Crippen LogP contribution is 2.43. The number of allylic oxidation sites excluding steroid dienone is 8. The molecule has 1 unspecified atom stereocenters. The summed E-state index contributed by atoms with van der Waals surface area (Å²) in [6.07, 6.45) is 35.8. The molecule has 0 aliphatic carbocycles. The van der Waals surface area contributed by atoms with Crippen LogP contribution in [0.15, 0.2) is 53.0 Å². The molecule has 0 spiro atoms. The van der Waals surface area contributed by atoms with Crippen LogP contribution in [0.5, 0.6) is 0 Å². The maximum atomic E-state index is 12.8. The number of likely N-dealkylation sites (N-methyl/N-ethyl adjacent to an activating group) is 1. The second kappa shape index (κ2) is 34.8. The minimum Gasteiger partial charge on any atom is -0.466 e. The number of carbonyl (C=O) groups is 2. The third-order valence-corrected chi connectivity index (χ3v) is 11.1. The van der Waals surface area contributed by atoms with Gasteiger partial charge < -0.3 is 28.4 Å². The molecule has 0 bridgehead atoms. The van der Waals surface area contributed by atoms with Gasteiger partial charge in [-0.05, 0) is 95.6 Å². The molecule has 344 valence electrons. The Bertz CT molecular complexity index is 1440. The highest BCUT2D eigenvalue weighted by Gasteiger charge is 2.27. The van der Waals surface area contributed by atoms with E-state index in [1.165, 1.54) is 30.4 Å². The number of esters is 2. The summed E-state index contributed by atoms with van der Waals surface area (Å²) >= 11 is 0. The summed E-state index contributed by atoms with van der Waals surface area (Å²) < 4.78 is 40.5. The highest BCUT2D eigenvalue weighted by molar-refractivity contribution is 7.47. The van der Waals surface area contributed by atoms with Crippen molar-refractivity contribution in [3.63, 3.8) is 0 Å². The van der Waals surface area contributed by atoms with E-state index in [9.17, 15) is 19.0 Å². The van der Waals surface area contributed by atoms with Crippen molar-refractivity contribution in [1.82, 2.24) is 0 Å². The number of unbranched alkanes of at least 4 members (excludes halogenated alkanes) is 11. The molecule has 0 saturated heterocycles. The summed E-state index contributed by atoms with van der Waals surface area (Å²) in [6, 6.07) is 0. The number of hydrogen-bond donors (Lipinski definition) is 2. The van der Waals surface area contributed by atoms with Crippen molar-refractivity contribution < 1.29 is 51.6 Å². The van der Waals surface area contributed by atoms with Crippen molar-refractivity contribution in [1.29, 1.82) is 0 Å². The lowest BCUT2D eigenvalue weighted by Crippen LogP contribution is -2.37. The largest absolute Gasteiger partial charge is 0.472 e. The van der Waals surface area contributed by atoms with Crippen molar-refractivity contribution in [3.8, 4) is 0 Å². The molecule has 2 N–H and O–H groups in total. The van der Waals surface area contributed by atoms with Crippen LogP contribution >= 0.6 is 7.82 Å². The smallest absolute Gasteiger partial charge is 0.466 e. The number of nitrogens with zero attached hydrogens (tertiary/aromatic N) is 1. The van der Waals surface area contributed by atoms with E-state index in [0.29, 0.717) is 23.9 Å².